The van der Waals surface area contributed by atoms with Gasteiger partial charge in [-0.25, -0.2) is 13.8 Å². The van der Waals surface area contributed by atoms with Crippen molar-refractivity contribution < 1.29 is 45.7 Å². The monoisotopic (exact) mass is 508 g/mol. The first kappa shape index (κ1) is 26.4. The molecule has 2 saturated heterocycles. The van der Waals surface area contributed by atoms with Crippen LogP contribution in [0.25, 0.3) is 0 Å². The summed E-state index contributed by atoms with van der Waals surface area (Å²) >= 11 is 0. The highest BCUT2D eigenvalue weighted by molar-refractivity contribution is 6.38. The molecule has 4 radical (unpaired) electrons. The van der Waals surface area contributed by atoms with Crippen LogP contribution in [0.1, 0.15) is 28.2 Å². The number of hydrogen-bond acceptors (Lipinski definition) is 6. The number of halogens is 5. The fourth-order valence-electron chi connectivity index (χ4n) is 4.34. The van der Waals surface area contributed by atoms with Gasteiger partial charge in [-0.05, 0) is 36.8 Å². The van der Waals surface area contributed by atoms with Crippen LogP contribution >= 0.6 is 0 Å². The highest BCUT2D eigenvalue weighted by atomic mass is 19.4. The Bertz CT molecular complexity index is 1130. The number of piperidine rings is 1. The second-order valence-corrected chi connectivity index (χ2v) is 8.40. The van der Waals surface area contributed by atoms with Crippen LogP contribution in [-0.4, -0.2) is 75.8 Å². The van der Waals surface area contributed by atoms with Crippen LogP contribution in [-0.2, 0) is 19.8 Å². The van der Waals surface area contributed by atoms with Crippen LogP contribution in [0.4, 0.5) is 22.0 Å². The molecule has 2 aliphatic heterocycles. The Morgan fingerprint density at radius 2 is 1.89 bits per heavy atom. The molecule has 2 aromatic rings. The van der Waals surface area contributed by atoms with Crippen LogP contribution in [0.2, 0.25) is 0 Å². The van der Waals surface area contributed by atoms with E-state index in [1.807, 2.05) is 0 Å². The van der Waals surface area contributed by atoms with E-state index in [2.05, 4.69) is 9.72 Å². The Morgan fingerprint density at radius 1 is 1.19 bits per heavy atom. The number of amides is 1. The molecule has 1 aromatic carbocycles. The molecule has 2 fully saturated rings. The Morgan fingerprint density at radius 3 is 2.53 bits per heavy atom. The lowest BCUT2D eigenvalue weighted by Crippen LogP contribution is -2.53. The summed E-state index contributed by atoms with van der Waals surface area (Å²) in [7, 11) is 11.6. The minimum Gasteiger partial charge on any atom is -0.489 e. The largest absolute Gasteiger partial charge is 0.522 e. The highest BCUT2D eigenvalue weighted by Gasteiger charge is 2.56. The maximum Gasteiger partial charge on any atom is 0.522 e. The van der Waals surface area contributed by atoms with Gasteiger partial charge >= 0.3 is 6.36 Å². The Labute approximate surface area is 205 Å². The summed E-state index contributed by atoms with van der Waals surface area (Å²) in [4.78, 5) is 18.7. The van der Waals surface area contributed by atoms with Crippen molar-refractivity contribution in [1.82, 2.24) is 9.88 Å². The molecule has 0 N–H and O–H groups in total. The SMILES string of the molecule is [B]C1([B])OC2CN(C(=O)c3ccc(OCCOC(F)(F)F)c(C)n3)CC[C@]2(c2cc(F)cc(F)c2)O1. The summed E-state index contributed by atoms with van der Waals surface area (Å²) in [5.74, 6) is -1.94. The summed E-state index contributed by atoms with van der Waals surface area (Å²) in [5.41, 5.74) is -2.97. The van der Waals surface area contributed by atoms with E-state index < -0.39 is 47.8 Å². The van der Waals surface area contributed by atoms with Gasteiger partial charge in [0.1, 0.15) is 57.1 Å². The van der Waals surface area contributed by atoms with Gasteiger partial charge in [0.05, 0.1) is 24.4 Å². The summed E-state index contributed by atoms with van der Waals surface area (Å²) in [6.07, 6.45) is -5.63. The number of aromatic nitrogens is 1. The van der Waals surface area contributed by atoms with Crippen molar-refractivity contribution in [3.8, 4) is 5.75 Å². The quantitative estimate of drug-likeness (QED) is 0.340. The van der Waals surface area contributed by atoms with E-state index in [9.17, 15) is 26.7 Å². The van der Waals surface area contributed by atoms with Gasteiger partial charge in [0.25, 0.3) is 5.91 Å². The molecular formula is C22H19B2F5N2O5. The fourth-order valence-corrected chi connectivity index (χ4v) is 4.34. The molecule has 7 nitrogen and oxygen atoms in total. The van der Waals surface area contributed by atoms with Crippen LogP contribution in [0.3, 0.4) is 0 Å². The van der Waals surface area contributed by atoms with Gasteiger partial charge in [0, 0.05) is 19.0 Å². The first-order chi connectivity index (χ1) is 16.8. The summed E-state index contributed by atoms with van der Waals surface area (Å²) in [6, 6.07) is 5.68. The fraction of sp³-hybridized carbons (Fsp3) is 0.455. The zero-order chi connectivity index (χ0) is 26.3. The lowest BCUT2D eigenvalue weighted by atomic mass is 9.76. The number of pyridine rings is 1. The number of hydrogen-bond donors (Lipinski definition) is 0. The van der Waals surface area contributed by atoms with Gasteiger partial charge in [-0.3, -0.25) is 9.53 Å². The normalized spacial score (nSPS) is 23.4. The van der Waals surface area contributed by atoms with E-state index in [-0.39, 0.29) is 48.8 Å². The molecule has 2 aliphatic rings. The predicted octanol–water partition coefficient (Wildman–Crippen LogP) is 2.69. The zero-order valence-electron chi connectivity index (χ0n) is 19.0. The molecule has 0 saturated carbocycles. The number of ether oxygens (including phenoxy) is 4. The molecule has 0 spiro atoms. The molecule has 2 atom stereocenters. The summed E-state index contributed by atoms with van der Waals surface area (Å²) in [6.45, 7) is 0.480. The number of aryl methyl sites for hydroxylation is 1. The molecule has 4 rings (SSSR count). The van der Waals surface area contributed by atoms with Crippen LogP contribution in [0, 0.1) is 18.6 Å². The number of nitrogens with zero attached hydrogens (tertiary/aromatic N) is 2. The second-order valence-electron chi connectivity index (χ2n) is 8.40. The average Bonchev–Trinajstić information content (AvgIpc) is 3.06. The van der Waals surface area contributed by atoms with Crippen LogP contribution < -0.4 is 4.74 Å². The van der Waals surface area contributed by atoms with Crippen molar-refractivity contribution >= 4 is 21.6 Å². The van der Waals surface area contributed by atoms with Gasteiger partial charge in [-0.1, -0.05) is 0 Å². The maximum atomic E-state index is 13.9. The number of rotatable bonds is 6. The molecular weight excluding hydrogens is 489 g/mol. The third-order valence-electron chi connectivity index (χ3n) is 5.83. The standard InChI is InChI=1S/C22H19B2F5N2O5/c1-12-17(33-6-7-34-22(27,28)29)3-2-16(30-12)19(32)31-5-4-20(13-8-14(25)10-15(26)9-13)18(11-31)35-21(23,24)36-20/h2-3,8-10,18H,4-7,11H2,1H3/t18?,20-/m1/s1. The van der Waals surface area contributed by atoms with Gasteiger partial charge in [-0.15, -0.1) is 13.2 Å². The molecule has 0 aliphatic carbocycles. The lowest BCUT2D eigenvalue weighted by Gasteiger charge is -2.42. The van der Waals surface area contributed by atoms with Gasteiger partial charge in [0.2, 0.25) is 0 Å². The minimum absolute atomic E-state index is 0.0429. The van der Waals surface area contributed by atoms with E-state index in [0.717, 1.165) is 12.1 Å². The molecule has 3 heterocycles. The van der Waals surface area contributed by atoms with E-state index >= 15 is 0 Å². The molecule has 14 heteroatoms. The summed E-state index contributed by atoms with van der Waals surface area (Å²) < 4.78 is 84.3. The van der Waals surface area contributed by atoms with Crippen molar-refractivity contribution in [3.63, 3.8) is 0 Å². The first-order valence-electron chi connectivity index (χ1n) is 10.8. The third kappa shape index (κ3) is 5.65. The van der Waals surface area contributed by atoms with Crippen LogP contribution in [0.5, 0.6) is 5.75 Å². The number of carbonyl (C=O) groups excluding carboxylic acids is 1. The molecule has 1 amide bonds. The van der Waals surface area contributed by atoms with Crippen molar-refractivity contribution in [2.45, 2.75) is 37.0 Å². The average molecular weight is 508 g/mol. The topological polar surface area (TPSA) is 70.1 Å². The number of benzene rings is 1. The Balaban J connectivity index is 1.47. The van der Waals surface area contributed by atoms with Gasteiger partial charge in [-0.2, -0.15) is 0 Å². The van der Waals surface area contributed by atoms with Crippen molar-refractivity contribution in [2.75, 3.05) is 26.3 Å². The molecule has 36 heavy (non-hydrogen) atoms. The van der Waals surface area contributed by atoms with E-state index in [1.165, 1.54) is 24.0 Å². The van der Waals surface area contributed by atoms with E-state index in [4.69, 9.17) is 29.9 Å². The maximum absolute atomic E-state index is 13.9. The lowest BCUT2D eigenvalue weighted by molar-refractivity contribution is -0.325. The number of carbonyl (C=O) groups is 1. The van der Waals surface area contributed by atoms with E-state index in [0.29, 0.717) is 6.07 Å². The molecule has 1 aromatic heterocycles. The highest BCUT2D eigenvalue weighted by Crippen LogP contribution is 2.47. The Hall–Kier alpha value is -2.70. The van der Waals surface area contributed by atoms with E-state index in [1.54, 1.807) is 0 Å². The second kappa shape index (κ2) is 9.64. The van der Waals surface area contributed by atoms with Gasteiger partial charge < -0.3 is 19.1 Å². The van der Waals surface area contributed by atoms with Crippen molar-refractivity contribution in [1.29, 1.82) is 0 Å². The number of fused-ring (bicyclic) bond motifs is 1. The minimum atomic E-state index is -4.76. The molecule has 188 valence electrons. The summed E-state index contributed by atoms with van der Waals surface area (Å²) in [5, 5.41) is 0. The van der Waals surface area contributed by atoms with Crippen molar-refractivity contribution in [3.05, 3.63) is 58.9 Å². The predicted molar refractivity (Wildman–Crippen MR) is 115 cm³/mol. The third-order valence-corrected chi connectivity index (χ3v) is 5.83. The van der Waals surface area contributed by atoms with Crippen LogP contribution in [0.15, 0.2) is 30.3 Å². The molecule has 1 unspecified atom stereocenters. The van der Waals surface area contributed by atoms with Gasteiger partial charge in [0.15, 0.2) is 0 Å². The molecule has 0 bridgehead atoms. The van der Waals surface area contributed by atoms with Crippen molar-refractivity contribution in [2.24, 2.45) is 0 Å². The number of likely N-dealkylation sites (tertiary alicyclic amines) is 1. The zero-order valence-corrected chi connectivity index (χ0v) is 19.0. The Kier molecular flexibility index (Phi) is 7.06. The smallest absolute Gasteiger partial charge is 0.489 e. The first-order valence-corrected chi connectivity index (χ1v) is 10.8. The number of alkyl halides is 3.